The first kappa shape index (κ1) is 20.2. The van der Waals surface area contributed by atoms with Crippen LogP contribution in [0.25, 0.3) is 16.5 Å². The van der Waals surface area contributed by atoms with Crippen molar-refractivity contribution in [2.75, 3.05) is 0 Å². The van der Waals surface area contributed by atoms with Crippen molar-refractivity contribution in [3.05, 3.63) is 77.3 Å². The molecule has 146 valence electrons. The van der Waals surface area contributed by atoms with Gasteiger partial charge in [-0.25, -0.2) is 8.42 Å². The van der Waals surface area contributed by atoms with Crippen molar-refractivity contribution in [3.63, 3.8) is 0 Å². The number of alkyl halides is 2. The second-order valence-corrected chi connectivity index (χ2v) is 8.30. The third-order valence-corrected chi connectivity index (χ3v) is 5.66. The van der Waals surface area contributed by atoms with E-state index in [1.54, 1.807) is 42.5 Å². The van der Waals surface area contributed by atoms with Crippen molar-refractivity contribution >= 4 is 42.4 Å². The van der Waals surface area contributed by atoms with E-state index in [1.165, 1.54) is 18.2 Å². The Morgan fingerprint density at radius 2 is 1.71 bits per heavy atom. The topological polar surface area (TPSA) is 67.4 Å². The molecular weight excluding hydrogens is 454 g/mol. The molecule has 28 heavy (non-hydrogen) atoms. The summed E-state index contributed by atoms with van der Waals surface area (Å²) < 4.78 is 56.0. The molecule has 9 heteroatoms. The number of benzene rings is 3. The predicted octanol–water partition coefficient (Wildman–Crippen LogP) is 4.66. The lowest BCUT2D eigenvalue weighted by Crippen LogP contribution is -2.35. The highest BCUT2D eigenvalue weighted by molar-refractivity contribution is 9.10. The number of hydrazine groups is 1. The maximum atomic E-state index is 12.9. The molecule has 0 bridgehead atoms. The lowest BCUT2D eigenvalue weighted by molar-refractivity contribution is -0.0489. The van der Waals surface area contributed by atoms with Crippen LogP contribution in [0.15, 0.2) is 76.6 Å². The first-order valence-electron chi connectivity index (χ1n) is 7.97. The second kappa shape index (κ2) is 8.26. The molecule has 0 aliphatic rings. The molecule has 0 amide bonds. The molecular formula is C19H15BrF2N2O3S. The van der Waals surface area contributed by atoms with Gasteiger partial charge in [0.25, 0.3) is 10.0 Å². The summed E-state index contributed by atoms with van der Waals surface area (Å²) in [6, 6.07) is 16.1. The zero-order valence-electron chi connectivity index (χ0n) is 14.3. The first-order valence-corrected chi connectivity index (χ1v) is 10.2. The molecule has 3 rings (SSSR count). The zero-order chi connectivity index (χ0) is 20.3. The van der Waals surface area contributed by atoms with E-state index in [4.69, 9.17) is 4.74 Å². The molecule has 2 N–H and O–H groups in total. The highest BCUT2D eigenvalue weighted by atomic mass is 79.9. The molecule has 0 fully saturated rings. The molecule has 5 nitrogen and oxygen atoms in total. The Labute approximate surface area is 169 Å². The smallest absolute Gasteiger partial charge is 0.387 e. The summed E-state index contributed by atoms with van der Waals surface area (Å²) >= 11 is 3.23. The predicted molar refractivity (Wildman–Crippen MR) is 107 cm³/mol. The van der Waals surface area contributed by atoms with Crippen LogP contribution in [0.5, 0.6) is 5.75 Å². The SMILES string of the molecule is C=C(NNS(=O)(=O)c1ccc(Br)cc1)c1ccc2ccccc2c1OC(F)F. The van der Waals surface area contributed by atoms with Crippen LogP contribution in [0.1, 0.15) is 5.56 Å². The van der Waals surface area contributed by atoms with Gasteiger partial charge in [0.1, 0.15) is 5.75 Å². The van der Waals surface area contributed by atoms with Gasteiger partial charge in [-0.2, -0.15) is 8.78 Å². The van der Waals surface area contributed by atoms with E-state index in [1.807, 2.05) is 0 Å². The van der Waals surface area contributed by atoms with E-state index in [2.05, 4.69) is 32.8 Å². The first-order chi connectivity index (χ1) is 13.3. The Hall–Kier alpha value is -2.49. The number of fused-ring (bicyclic) bond motifs is 1. The third kappa shape index (κ3) is 4.49. The minimum absolute atomic E-state index is 0.0264. The fraction of sp³-hybridized carbons (Fsp3) is 0.0526. The highest BCUT2D eigenvalue weighted by Crippen LogP contribution is 2.34. The summed E-state index contributed by atoms with van der Waals surface area (Å²) in [4.78, 5) is 2.21. The van der Waals surface area contributed by atoms with Crippen molar-refractivity contribution in [3.8, 4) is 5.75 Å². The molecule has 0 radical (unpaired) electrons. The third-order valence-electron chi connectivity index (χ3n) is 3.87. The monoisotopic (exact) mass is 468 g/mol. The Morgan fingerprint density at radius 1 is 1.04 bits per heavy atom. The second-order valence-electron chi connectivity index (χ2n) is 5.70. The summed E-state index contributed by atoms with van der Waals surface area (Å²) in [6.45, 7) is 0.695. The Bertz CT molecular complexity index is 1120. The Balaban J connectivity index is 1.88. The quantitative estimate of drug-likeness (QED) is 0.495. The van der Waals surface area contributed by atoms with Crippen molar-refractivity contribution < 1.29 is 21.9 Å². The van der Waals surface area contributed by atoms with Crippen molar-refractivity contribution in [2.45, 2.75) is 11.5 Å². The fourth-order valence-electron chi connectivity index (χ4n) is 2.57. The van der Waals surface area contributed by atoms with Gasteiger partial charge in [0.15, 0.2) is 0 Å². The molecule has 0 spiro atoms. The molecule has 3 aromatic carbocycles. The van der Waals surface area contributed by atoms with Crippen LogP contribution in [0.4, 0.5) is 8.78 Å². The fourth-order valence-corrected chi connectivity index (χ4v) is 3.70. The lowest BCUT2D eigenvalue weighted by atomic mass is 10.0. The number of halogens is 3. The van der Waals surface area contributed by atoms with Gasteiger partial charge < -0.3 is 10.2 Å². The maximum Gasteiger partial charge on any atom is 0.387 e. The van der Waals surface area contributed by atoms with Crippen LogP contribution >= 0.6 is 15.9 Å². The summed E-state index contributed by atoms with van der Waals surface area (Å²) in [5.74, 6) is -0.0894. The van der Waals surface area contributed by atoms with Crippen molar-refractivity contribution in [1.29, 1.82) is 0 Å². The normalized spacial score (nSPS) is 11.6. The highest BCUT2D eigenvalue weighted by Gasteiger charge is 2.18. The minimum Gasteiger partial charge on any atom is -0.433 e. The van der Waals surface area contributed by atoms with E-state index in [0.717, 1.165) is 4.47 Å². The van der Waals surface area contributed by atoms with E-state index in [9.17, 15) is 17.2 Å². The van der Waals surface area contributed by atoms with Gasteiger partial charge in [0.2, 0.25) is 0 Å². The summed E-state index contributed by atoms with van der Waals surface area (Å²) in [6.07, 6.45) is 0. The van der Waals surface area contributed by atoms with Crippen LogP contribution in [0, 0.1) is 0 Å². The molecule has 0 aliphatic carbocycles. The molecule has 0 atom stereocenters. The van der Waals surface area contributed by atoms with Gasteiger partial charge in [0, 0.05) is 15.4 Å². The lowest BCUT2D eigenvalue weighted by Gasteiger charge is -2.17. The molecule has 3 aromatic rings. The van der Waals surface area contributed by atoms with Crippen LogP contribution in [-0.2, 0) is 10.0 Å². The van der Waals surface area contributed by atoms with Crippen LogP contribution in [0.3, 0.4) is 0 Å². The van der Waals surface area contributed by atoms with Crippen LogP contribution < -0.4 is 15.0 Å². The minimum atomic E-state index is -3.89. The van der Waals surface area contributed by atoms with E-state index in [-0.39, 0.29) is 21.9 Å². The van der Waals surface area contributed by atoms with E-state index >= 15 is 0 Å². The van der Waals surface area contributed by atoms with Crippen LogP contribution in [-0.4, -0.2) is 15.0 Å². The van der Waals surface area contributed by atoms with E-state index in [0.29, 0.717) is 10.8 Å². The number of ether oxygens (including phenoxy) is 1. The molecule has 0 unspecified atom stereocenters. The number of hydrogen-bond donors (Lipinski definition) is 2. The summed E-state index contributed by atoms with van der Waals surface area (Å²) in [5, 5.41) is 1.16. The average Bonchev–Trinajstić information content (AvgIpc) is 2.66. The molecule has 0 saturated heterocycles. The largest absolute Gasteiger partial charge is 0.433 e. The Morgan fingerprint density at radius 3 is 2.39 bits per heavy atom. The number of rotatable bonds is 7. The molecule has 0 saturated carbocycles. The number of hydrogen-bond acceptors (Lipinski definition) is 4. The molecule has 0 heterocycles. The molecule has 0 aliphatic heterocycles. The molecule has 0 aromatic heterocycles. The Kier molecular flexibility index (Phi) is 5.97. The zero-order valence-corrected chi connectivity index (χ0v) is 16.7. The van der Waals surface area contributed by atoms with Gasteiger partial charge >= 0.3 is 6.61 Å². The summed E-state index contributed by atoms with van der Waals surface area (Å²) in [7, 11) is -3.89. The number of nitrogens with one attached hydrogen (secondary N) is 2. The van der Waals surface area contributed by atoms with Gasteiger partial charge in [-0.3, -0.25) is 0 Å². The van der Waals surface area contributed by atoms with Gasteiger partial charge in [-0.1, -0.05) is 52.8 Å². The van der Waals surface area contributed by atoms with Gasteiger partial charge in [-0.05, 0) is 35.7 Å². The number of sulfonamides is 1. The van der Waals surface area contributed by atoms with Crippen molar-refractivity contribution in [2.24, 2.45) is 0 Å². The van der Waals surface area contributed by atoms with Crippen LogP contribution in [0.2, 0.25) is 0 Å². The maximum absolute atomic E-state index is 12.9. The standard InChI is InChI=1S/C19H15BrF2N2O3S/c1-12(23-24-28(25,26)15-9-7-14(20)8-10-15)16-11-6-13-4-2-3-5-17(13)18(16)27-19(21)22/h2-11,19,23-24H,1H2. The van der Waals surface area contributed by atoms with E-state index < -0.39 is 16.6 Å². The van der Waals surface area contributed by atoms with Crippen molar-refractivity contribution in [1.82, 2.24) is 10.3 Å². The average molecular weight is 469 g/mol. The van der Waals surface area contributed by atoms with Gasteiger partial charge in [0.05, 0.1) is 10.6 Å². The summed E-state index contributed by atoms with van der Waals surface area (Å²) in [5.41, 5.74) is 2.73. The van der Waals surface area contributed by atoms with Gasteiger partial charge in [-0.15, -0.1) is 4.83 Å².